The van der Waals surface area contributed by atoms with Crippen LogP contribution in [0.5, 0.6) is 11.5 Å². The molecule has 4 unspecified atom stereocenters. The van der Waals surface area contributed by atoms with Gasteiger partial charge in [0.2, 0.25) is 23.6 Å². The van der Waals surface area contributed by atoms with E-state index < -0.39 is 12.1 Å². The first-order chi connectivity index (χ1) is 33.3. The molecule has 0 bridgehead atoms. The van der Waals surface area contributed by atoms with Gasteiger partial charge >= 0.3 is 0 Å². The SMILES string of the molecule is O=C(NC(C(=O)N1CCCC1c1ncc(-c2cc3c4c(c2)OCc2cc(-c5cnc(C6CCCN6C(=O)C(NC(=O)C6CCC6)c6ccccc6)[nH]5)cc(c2-4)OC3)[nH]1)c1ccccc1)C1CCC1. The van der Waals surface area contributed by atoms with E-state index in [0.29, 0.717) is 38.0 Å². The number of carbonyl (C=O) groups excluding carboxylic acids is 4. The van der Waals surface area contributed by atoms with Gasteiger partial charge in [-0.25, -0.2) is 9.97 Å². The average molecular weight is 911 g/mol. The molecule has 12 rings (SSSR count). The van der Waals surface area contributed by atoms with Crippen molar-refractivity contribution in [1.82, 2.24) is 40.4 Å². The zero-order valence-electron chi connectivity index (χ0n) is 37.8. The molecule has 6 aromatic rings. The molecule has 2 saturated heterocycles. The molecule has 4 amide bonds. The van der Waals surface area contributed by atoms with Crippen molar-refractivity contribution in [2.45, 2.75) is 102 Å². The minimum absolute atomic E-state index is 0.0335. The van der Waals surface area contributed by atoms with Gasteiger partial charge in [-0.3, -0.25) is 19.2 Å². The molecule has 14 nitrogen and oxygen atoms in total. The Bertz CT molecular complexity index is 2680. The van der Waals surface area contributed by atoms with Crippen molar-refractivity contribution >= 4 is 23.6 Å². The summed E-state index contributed by atoms with van der Waals surface area (Å²) in [5, 5.41) is 6.20. The van der Waals surface area contributed by atoms with E-state index in [1.807, 2.05) is 82.9 Å². The van der Waals surface area contributed by atoms with E-state index in [2.05, 4.69) is 44.9 Å². The lowest BCUT2D eigenvalue weighted by Gasteiger charge is -2.31. The van der Waals surface area contributed by atoms with Gasteiger partial charge in [-0.15, -0.1) is 0 Å². The monoisotopic (exact) mass is 910 g/mol. The molecule has 6 aliphatic rings. The maximum atomic E-state index is 14.3. The van der Waals surface area contributed by atoms with E-state index in [9.17, 15) is 19.2 Å². The van der Waals surface area contributed by atoms with Crippen molar-refractivity contribution in [2.24, 2.45) is 11.8 Å². The highest BCUT2D eigenvalue weighted by atomic mass is 16.5. The minimum Gasteiger partial charge on any atom is -0.488 e. The Kier molecular flexibility index (Phi) is 10.8. The number of rotatable bonds is 12. The summed E-state index contributed by atoms with van der Waals surface area (Å²) >= 11 is 0. The van der Waals surface area contributed by atoms with Crippen LogP contribution in [0.2, 0.25) is 0 Å². The summed E-state index contributed by atoms with van der Waals surface area (Å²) in [4.78, 5) is 75.5. The van der Waals surface area contributed by atoms with Crippen molar-refractivity contribution in [1.29, 1.82) is 0 Å². The van der Waals surface area contributed by atoms with E-state index in [4.69, 9.17) is 19.4 Å². The van der Waals surface area contributed by atoms with Crippen LogP contribution in [0.25, 0.3) is 33.6 Å². The fraction of sp³-hybridized carbons (Fsp3) is 0.370. The molecule has 6 heterocycles. The zero-order valence-corrected chi connectivity index (χ0v) is 37.8. The molecule has 14 heteroatoms. The lowest BCUT2D eigenvalue weighted by Crippen LogP contribution is -2.45. The predicted molar refractivity (Wildman–Crippen MR) is 252 cm³/mol. The van der Waals surface area contributed by atoms with Gasteiger partial charge in [0.05, 0.1) is 35.9 Å². The third kappa shape index (κ3) is 7.59. The highest BCUT2D eigenvalue weighted by molar-refractivity contribution is 5.92. The number of carbonyl (C=O) groups is 4. The van der Waals surface area contributed by atoms with Gasteiger partial charge in [0.15, 0.2) is 0 Å². The Labute approximate surface area is 394 Å². The number of H-pyrrole nitrogens is 2. The number of aromatic amines is 2. The van der Waals surface area contributed by atoms with E-state index in [0.717, 1.165) is 132 Å². The normalized spacial score (nSPS) is 20.3. The van der Waals surface area contributed by atoms with E-state index in [-0.39, 0.29) is 47.5 Å². The topological polar surface area (TPSA) is 175 Å². The fourth-order valence-corrected chi connectivity index (χ4v) is 11.0. The summed E-state index contributed by atoms with van der Waals surface area (Å²) in [5.41, 5.74) is 9.07. The lowest BCUT2D eigenvalue weighted by molar-refractivity contribution is -0.139. The summed E-state index contributed by atoms with van der Waals surface area (Å²) in [6.07, 6.45) is 12.4. The molecule has 2 saturated carbocycles. The number of imidazole rings is 2. The lowest BCUT2D eigenvalue weighted by atomic mass is 9.84. The van der Waals surface area contributed by atoms with Gasteiger partial charge in [-0.1, -0.05) is 73.5 Å². The number of nitrogens with one attached hydrogen (secondary N) is 4. The Morgan fingerprint density at radius 1 is 0.559 bits per heavy atom. The summed E-state index contributed by atoms with van der Waals surface area (Å²) in [6.45, 7) is 1.86. The van der Waals surface area contributed by atoms with Crippen LogP contribution >= 0.6 is 0 Å². The summed E-state index contributed by atoms with van der Waals surface area (Å²) in [6, 6.07) is 25.4. The number of amides is 4. The first-order valence-electron chi connectivity index (χ1n) is 24.4. The number of likely N-dealkylation sites (tertiary alicyclic amines) is 2. The minimum atomic E-state index is -0.761. The van der Waals surface area contributed by atoms with Gasteiger partial charge in [-0.2, -0.15) is 0 Å². The molecule has 4 N–H and O–H groups in total. The second kappa shape index (κ2) is 17.5. The standard InChI is InChI=1S/C54H54N8O6/c63-51(33-15-7-16-33)59-47(31-11-3-1-4-12-31)53(65)61-21-9-19-41(61)49-55-27-39(57-49)35-23-37-29-68-44-26-36(24-38-30-67-43(25-35)45(37)46(38)44)40-28-56-50(58-40)42-20-10-22-62(42)54(66)48(32-13-5-2-6-14-32)60-52(64)34-17-8-18-34/h1-6,11-14,23-28,33-34,41-42,47-48H,7-10,15-22,29-30H2,(H,55,57)(H,56,58)(H,59,63)(H,60,64). The molecule has 4 fully saturated rings. The second-order valence-corrected chi connectivity index (χ2v) is 19.3. The first kappa shape index (κ1) is 42.2. The third-order valence-electron chi connectivity index (χ3n) is 15.2. The smallest absolute Gasteiger partial charge is 0.250 e. The van der Waals surface area contributed by atoms with Crippen molar-refractivity contribution in [3.63, 3.8) is 0 Å². The van der Waals surface area contributed by atoms with Gasteiger partial charge in [0.25, 0.3) is 0 Å². The molecule has 2 aromatic heterocycles. The third-order valence-corrected chi connectivity index (χ3v) is 15.2. The predicted octanol–water partition coefficient (Wildman–Crippen LogP) is 8.56. The van der Waals surface area contributed by atoms with Gasteiger partial charge in [0, 0.05) is 58.3 Å². The summed E-state index contributed by atoms with van der Waals surface area (Å²) in [7, 11) is 0. The molecule has 0 radical (unpaired) electrons. The van der Waals surface area contributed by atoms with Crippen LogP contribution < -0.4 is 20.1 Å². The van der Waals surface area contributed by atoms with E-state index in [1.165, 1.54) is 0 Å². The van der Waals surface area contributed by atoms with Crippen molar-refractivity contribution < 1.29 is 28.7 Å². The average Bonchev–Trinajstić information content (AvgIpc) is 4.18. The van der Waals surface area contributed by atoms with E-state index in [1.54, 1.807) is 0 Å². The zero-order chi connectivity index (χ0) is 45.9. The van der Waals surface area contributed by atoms with Crippen LogP contribution in [0.15, 0.2) is 97.3 Å². The largest absolute Gasteiger partial charge is 0.488 e. The Morgan fingerprint density at radius 2 is 0.985 bits per heavy atom. The number of hydrogen-bond donors (Lipinski definition) is 4. The highest BCUT2D eigenvalue weighted by Gasteiger charge is 2.40. The Morgan fingerprint density at radius 3 is 1.38 bits per heavy atom. The molecule has 2 aliphatic carbocycles. The van der Waals surface area contributed by atoms with Crippen molar-refractivity contribution in [3.8, 4) is 45.1 Å². The van der Waals surface area contributed by atoms with Crippen molar-refractivity contribution in [3.05, 3.63) is 131 Å². The number of nitrogens with zero attached hydrogens (tertiary/aromatic N) is 4. The van der Waals surface area contributed by atoms with Crippen LogP contribution in [0.3, 0.4) is 0 Å². The van der Waals surface area contributed by atoms with Gasteiger partial charge in [0.1, 0.15) is 48.4 Å². The Balaban J connectivity index is 0.769. The van der Waals surface area contributed by atoms with Crippen LogP contribution in [0.4, 0.5) is 0 Å². The van der Waals surface area contributed by atoms with Gasteiger partial charge < -0.3 is 39.9 Å². The number of aromatic nitrogens is 4. The Hall–Kier alpha value is -7.22. The van der Waals surface area contributed by atoms with Crippen LogP contribution in [-0.4, -0.2) is 66.5 Å². The van der Waals surface area contributed by atoms with Gasteiger partial charge in [-0.05, 0) is 86.8 Å². The first-order valence-corrected chi connectivity index (χ1v) is 24.4. The molecule has 4 atom stereocenters. The van der Waals surface area contributed by atoms with E-state index >= 15 is 0 Å². The highest BCUT2D eigenvalue weighted by Crippen LogP contribution is 2.51. The molecule has 4 aliphatic heterocycles. The second-order valence-electron chi connectivity index (χ2n) is 19.3. The number of benzene rings is 4. The molecule has 4 aromatic carbocycles. The van der Waals surface area contributed by atoms with Crippen LogP contribution in [0.1, 0.15) is 122 Å². The maximum Gasteiger partial charge on any atom is 0.250 e. The molecular formula is C54H54N8O6. The maximum absolute atomic E-state index is 14.3. The number of hydrogen-bond acceptors (Lipinski definition) is 8. The van der Waals surface area contributed by atoms with Crippen LogP contribution in [0, 0.1) is 11.8 Å². The summed E-state index contributed by atoms with van der Waals surface area (Å²) < 4.78 is 13.0. The summed E-state index contributed by atoms with van der Waals surface area (Å²) in [5.74, 6) is 2.56. The van der Waals surface area contributed by atoms with Crippen molar-refractivity contribution in [2.75, 3.05) is 13.1 Å². The molecule has 68 heavy (non-hydrogen) atoms. The number of ether oxygens (including phenoxy) is 2. The molecule has 0 spiro atoms. The fourth-order valence-electron chi connectivity index (χ4n) is 11.0. The van der Waals surface area contributed by atoms with Crippen LogP contribution in [-0.2, 0) is 32.4 Å². The molecule has 346 valence electrons. The molecular weight excluding hydrogens is 857 g/mol. The quantitative estimate of drug-likeness (QED) is 0.0945.